The van der Waals surface area contributed by atoms with Gasteiger partial charge < -0.3 is 19.4 Å². The van der Waals surface area contributed by atoms with Crippen LogP contribution in [0, 0.1) is 10.8 Å². The Labute approximate surface area is 193 Å². The van der Waals surface area contributed by atoms with Crippen LogP contribution in [-0.2, 0) is 31.9 Å². The first kappa shape index (κ1) is 24.9. The van der Waals surface area contributed by atoms with E-state index in [0.29, 0.717) is 0 Å². The van der Waals surface area contributed by atoms with Gasteiger partial charge in [0.1, 0.15) is 23.0 Å². The van der Waals surface area contributed by atoms with Gasteiger partial charge >= 0.3 is 23.3 Å². The number of carbonyl (C=O) groups is 4. The summed E-state index contributed by atoms with van der Waals surface area (Å²) in [5, 5.41) is 0. The summed E-state index contributed by atoms with van der Waals surface area (Å²) < 4.78 is 9.95. The number of hydrogen-bond donors (Lipinski definition) is 4. The van der Waals surface area contributed by atoms with E-state index >= 15 is 0 Å². The molecule has 2 heterocycles. The average Bonchev–Trinajstić information content (AvgIpc) is 3.27. The summed E-state index contributed by atoms with van der Waals surface area (Å²) in [6, 6.07) is 0. The van der Waals surface area contributed by atoms with Crippen molar-refractivity contribution in [3.8, 4) is 0 Å². The van der Waals surface area contributed by atoms with Crippen molar-refractivity contribution in [1.29, 1.82) is 0 Å². The van der Waals surface area contributed by atoms with E-state index in [1.54, 1.807) is 27.7 Å². The van der Waals surface area contributed by atoms with Crippen molar-refractivity contribution < 1.29 is 28.7 Å². The summed E-state index contributed by atoms with van der Waals surface area (Å²) >= 11 is 0. The maximum atomic E-state index is 13.5. The first-order chi connectivity index (χ1) is 15.9. The minimum Gasteiger partial charge on any atom is -0.461 e. The molecule has 0 bridgehead atoms. The molecule has 1 fully saturated rings. The van der Waals surface area contributed by atoms with Crippen LogP contribution in [0.3, 0.4) is 0 Å². The zero-order valence-corrected chi connectivity index (χ0v) is 19.5. The van der Waals surface area contributed by atoms with Gasteiger partial charge in [0, 0.05) is 25.7 Å². The second-order valence-electron chi connectivity index (χ2n) is 9.11. The van der Waals surface area contributed by atoms with Gasteiger partial charge in [-0.15, -0.1) is 0 Å². The highest BCUT2D eigenvalue weighted by atomic mass is 16.5. The smallest absolute Gasteiger partial charge is 0.356 e. The molecule has 0 aromatic carbocycles. The number of imidazole rings is 2. The van der Waals surface area contributed by atoms with Crippen molar-refractivity contribution in [3.63, 3.8) is 0 Å². The Morgan fingerprint density at radius 2 is 1.12 bits per heavy atom. The largest absolute Gasteiger partial charge is 0.461 e. The second kappa shape index (κ2) is 9.27. The van der Waals surface area contributed by atoms with Gasteiger partial charge in [-0.2, -0.15) is 0 Å². The standard InChI is InChI=1S/C22H28N4O8/c1-5-33-17(29)15-11(23-19(31)25-15)7-22(13(27)9-21(3,4)10-14(22)28)8-12-16(18(30)34-6-2)26-20(32)24-12/h5-10H2,1-4H3,(H2,23,25,31)(H2,24,26,32). The molecule has 0 spiro atoms. The molecule has 12 heteroatoms. The number of esters is 2. The van der Waals surface area contributed by atoms with E-state index in [1.165, 1.54) is 0 Å². The summed E-state index contributed by atoms with van der Waals surface area (Å²) in [5.74, 6) is -2.49. The van der Waals surface area contributed by atoms with Gasteiger partial charge in [-0.25, -0.2) is 19.2 Å². The zero-order valence-electron chi connectivity index (χ0n) is 19.5. The fourth-order valence-corrected chi connectivity index (χ4v) is 4.35. The Hall–Kier alpha value is -3.70. The summed E-state index contributed by atoms with van der Waals surface area (Å²) in [6.07, 6.45) is -0.566. The number of ether oxygens (including phenoxy) is 2. The van der Waals surface area contributed by atoms with Gasteiger partial charge in [-0.05, 0) is 19.3 Å². The minimum absolute atomic E-state index is 0.0282. The number of aromatic amines is 4. The van der Waals surface area contributed by atoms with Crippen LogP contribution in [0.15, 0.2) is 9.59 Å². The molecule has 1 aliphatic rings. The number of aromatic nitrogens is 4. The van der Waals surface area contributed by atoms with Crippen LogP contribution in [0.5, 0.6) is 0 Å². The van der Waals surface area contributed by atoms with Crippen molar-refractivity contribution in [1.82, 2.24) is 19.9 Å². The van der Waals surface area contributed by atoms with Crippen molar-refractivity contribution in [2.75, 3.05) is 13.2 Å². The predicted octanol–water partition coefficient (Wildman–Crippen LogP) is 0.803. The molecule has 12 nitrogen and oxygen atoms in total. The number of ketones is 2. The molecular formula is C22H28N4O8. The highest BCUT2D eigenvalue weighted by Gasteiger charge is 2.53. The molecule has 0 aliphatic heterocycles. The molecule has 2 aromatic heterocycles. The van der Waals surface area contributed by atoms with Crippen LogP contribution in [0.4, 0.5) is 0 Å². The summed E-state index contributed by atoms with van der Waals surface area (Å²) in [4.78, 5) is 85.5. The van der Waals surface area contributed by atoms with Gasteiger partial charge in [-0.1, -0.05) is 13.8 Å². The van der Waals surface area contributed by atoms with E-state index in [1.807, 2.05) is 0 Å². The third-order valence-corrected chi connectivity index (χ3v) is 5.87. The normalized spacial score (nSPS) is 16.9. The maximum absolute atomic E-state index is 13.5. The van der Waals surface area contributed by atoms with Crippen LogP contribution in [-0.4, -0.2) is 56.7 Å². The van der Waals surface area contributed by atoms with Gasteiger partial charge in [0.05, 0.1) is 30.0 Å². The van der Waals surface area contributed by atoms with Crippen LogP contribution < -0.4 is 11.4 Å². The van der Waals surface area contributed by atoms with Crippen molar-refractivity contribution in [2.24, 2.45) is 10.8 Å². The fraction of sp³-hybridized carbons (Fsp3) is 0.545. The molecule has 1 saturated carbocycles. The number of rotatable bonds is 8. The van der Waals surface area contributed by atoms with E-state index in [-0.39, 0.29) is 61.7 Å². The molecule has 34 heavy (non-hydrogen) atoms. The zero-order chi connectivity index (χ0) is 25.3. The molecule has 0 saturated heterocycles. The fourth-order valence-electron chi connectivity index (χ4n) is 4.35. The van der Waals surface area contributed by atoms with Gasteiger partial charge in [-0.3, -0.25) is 19.6 Å². The summed E-state index contributed by atoms with van der Waals surface area (Å²) in [7, 11) is 0. The summed E-state index contributed by atoms with van der Waals surface area (Å²) in [5.41, 5.74) is -4.06. The van der Waals surface area contributed by atoms with Gasteiger partial charge in [0.15, 0.2) is 0 Å². The molecular weight excluding hydrogens is 448 g/mol. The Morgan fingerprint density at radius 3 is 1.47 bits per heavy atom. The molecule has 3 rings (SSSR count). The lowest BCUT2D eigenvalue weighted by atomic mass is 9.60. The highest BCUT2D eigenvalue weighted by molar-refractivity contribution is 6.10. The maximum Gasteiger partial charge on any atom is 0.356 e. The Morgan fingerprint density at radius 1 is 0.735 bits per heavy atom. The first-order valence-electron chi connectivity index (χ1n) is 11.0. The lowest BCUT2D eigenvalue weighted by Crippen LogP contribution is -2.51. The quantitative estimate of drug-likeness (QED) is 0.318. The molecule has 184 valence electrons. The van der Waals surface area contributed by atoms with Gasteiger partial charge in [0.2, 0.25) is 0 Å². The second-order valence-corrected chi connectivity index (χ2v) is 9.11. The van der Waals surface area contributed by atoms with Crippen LogP contribution in [0.1, 0.15) is 72.9 Å². The average molecular weight is 476 g/mol. The van der Waals surface area contributed by atoms with E-state index in [0.717, 1.165) is 0 Å². The first-order valence-corrected chi connectivity index (χ1v) is 11.0. The van der Waals surface area contributed by atoms with E-state index in [9.17, 15) is 28.8 Å². The minimum atomic E-state index is -1.74. The van der Waals surface area contributed by atoms with E-state index in [2.05, 4.69) is 19.9 Å². The molecule has 2 aromatic rings. The molecule has 4 N–H and O–H groups in total. The lowest BCUT2D eigenvalue weighted by molar-refractivity contribution is -0.148. The monoisotopic (exact) mass is 476 g/mol. The predicted molar refractivity (Wildman–Crippen MR) is 118 cm³/mol. The number of H-pyrrole nitrogens is 4. The van der Waals surface area contributed by atoms with Gasteiger partial charge in [0.25, 0.3) is 0 Å². The third-order valence-electron chi connectivity index (χ3n) is 5.87. The summed E-state index contributed by atoms with van der Waals surface area (Å²) in [6.45, 7) is 6.87. The topological polar surface area (TPSA) is 184 Å². The van der Waals surface area contributed by atoms with E-state index < -0.39 is 45.7 Å². The van der Waals surface area contributed by atoms with Crippen molar-refractivity contribution >= 4 is 23.5 Å². The van der Waals surface area contributed by atoms with Crippen LogP contribution >= 0.6 is 0 Å². The number of hydrogen-bond acceptors (Lipinski definition) is 8. The Bertz CT molecular complexity index is 1150. The highest BCUT2D eigenvalue weighted by Crippen LogP contribution is 2.44. The molecule has 1 aliphatic carbocycles. The molecule has 0 amide bonds. The van der Waals surface area contributed by atoms with E-state index in [4.69, 9.17) is 9.47 Å². The lowest BCUT2D eigenvalue weighted by Gasteiger charge is -2.40. The Kier molecular flexibility index (Phi) is 6.80. The number of carbonyl (C=O) groups excluding carboxylic acids is 4. The molecule has 0 atom stereocenters. The number of Topliss-reactive ketones (excluding diaryl/α,β-unsaturated/α-hetero) is 2. The van der Waals surface area contributed by atoms with Crippen LogP contribution in [0.25, 0.3) is 0 Å². The Balaban J connectivity index is 2.13. The number of nitrogens with one attached hydrogen (secondary N) is 4. The van der Waals surface area contributed by atoms with Crippen LogP contribution in [0.2, 0.25) is 0 Å². The third kappa shape index (κ3) is 4.80. The van der Waals surface area contributed by atoms with Crippen molar-refractivity contribution in [2.45, 2.75) is 53.4 Å². The SMILES string of the molecule is CCOC(=O)c1[nH]c(=O)[nH]c1CC1(Cc2[nH]c(=O)[nH]c2C(=O)OCC)C(=O)CC(C)(C)CC1=O. The van der Waals surface area contributed by atoms with Crippen molar-refractivity contribution in [3.05, 3.63) is 43.7 Å². The molecule has 0 unspecified atom stereocenters. The molecule has 0 radical (unpaired) electrons.